The van der Waals surface area contributed by atoms with Crippen LogP contribution in [0.25, 0.3) is 0 Å². The summed E-state index contributed by atoms with van der Waals surface area (Å²) in [6.45, 7) is 15.3. The minimum Gasteiger partial charge on any atom is -0.380 e. The van der Waals surface area contributed by atoms with E-state index >= 15 is 0 Å². The van der Waals surface area contributed by atoms with Gasteiger partial charge in [0.2, 0.25) is 0 Å². The molecule has 1 saturated carbocycles. The van der Waals surface area contributed by atoms with E-state index < -0.39 is 0 Å². The van der Waals surface area contributed by atoms with Crippen LogP contribution < -0.4 is 10.6 Å². The topological polar surface area (TPSA) is 52.1 Å². The van der Waals surface area contributed by atoms with Gasteiger partial charge in [-0.15, -0.1) is 0 Å². The highest BCUT2D eigenvalue weighted by Gasteiger charge is 2.48. The Kier molecular flexibility index (Phi) is 5.86. The van der Waals surface area contributed by atoms with E-state index in [1.807, 2.05) is 0 Å². The molecule has 0 aromatic rings. The number of hydrogen-bond acceptors (Lipinski definition) is 6. The molecule has 0 spiro atoms. The molecule has 2 aliphatic rings. The number of nitrogens with one attached hydrogen (secondary N) is 2. The van der Waals surface area contributed by atoms with E-state index in [-0.39, 0.29) is 22.8 Å². The average Bonchev–Trinajstić information content (AvgIpc) is 2.44. The summed E-state index contributed by atoms with van der Waals surface area (Å²) in [4.78, 5) is 8.87. The summed E-state index contributed by atoms with van der Waals surface area (Å²) < 4.78 is 5.38. The molecule has 1 unspecified atom stereocenters. The van der Waals surface area contributed by atoms with Gasteiger partial charge in [-0.1, -0.05) is 6.92 Å². The van der Waals surface area contributed by atoms with Crippen molar-refractivity contribution < 1.29 is 4.74 Å². The van der Waals surface area contributed by atoms with Crippen LogP contribution in [0, 0.1) is 5.41 Å². The molecule has 6 nitrogen and oxygen atoms in total. The van der Waals surface area contributed by atoms with E-state index in [1.165, 1.54) is 0 Å². The monoisotopic (exact) mass is 351 g/mol. The van der Waals surface area contributed by atoms with Crippen LogP contribution in [0.4, 0.5) is 0 Å². The first-order valence-corrected chi connectivity index (χ1v) is 9.20. The Bertz CT molecular complexity index is 512. The second-order valence-corrected chi connectivity index (χ2v) is 8.87. The Morgan fingerprint density at radius 1 is 1.36 bits per heavy atom. The van der Waals surface area contributed by atoms with Gasteiger partial charge in [-0.05, 0) is 61.5 Å². The van der Waals surface area contributed by atoms with Crippen LogP contribution in [-0.4, -0.2) is 74.8 Å². The molecule has 0 amide bonds. The molecule has 6 heteroatoms. The summed E-state index contributed by atoms with van der Waals surface area (Å²) in [5.74, 6) is 0. The molecule has 1 heterocycles. The third-order valence-corrected chi connectivity index (χ3v) is 5.88. The van der Waals surface area contributed by atoms with Crippen molar-refractivity contribution in [2.45, 2.75) is 57.9 Å². The minimum atomic E-state index is -0.137. The predicted molar refractivity (Wildman–Crippen MR) is 105 cm³/mol. The second-order valence-electron chi connectivity index (χ2n) is 8.87. The van der Waals surface area contributed by atoms with Gasteiger partial charge in [0.25, 0.3) is 0 Å². The van der Waals surface area contributed by atoms with Gasteiger partial charge in [-0.3, -0.25) is 14.8 Å². The molecule has 1 saturated heterocycles. The summed E-state index contributed by atoms with van der Waals surface area (Å²) in [5, 5.41) is 7.23. The van der Waals surface area contributed by atoms with Crippen LogP contribution in [0.3, 0.4) is 0 Å². The van der Waals surface area contributed by atoms with E-state index in [0.29, 0.717) is 0 Å². The number of ether oxygens (including phenoxy) is 1. The molecule has 2 rings (SSSR count). The van der Waals surface area contributed by atoms with Gasteiger partial charge in [0.15, 0.2) is 0 Å². The van der Waals surface area contributed by atoms with Crippen molar-refractivity contribution >= 4 is 6.72 Å². The van der Waals surface area contributed by atoms with Gasteiger partial charge >= 0.3 is 0 Å². The number of likely N-dealkylation sites (N-methyl/N-ethyl adjacent to an activating group) is 1. The number of rotatable bonds is 9. The number of aliphatic imine (C=N–C) groups is 1. The van der Waals surface area contributed by atoms with Gasteiger partial charge in [0.1, 0.15) is 5.66 Å². The lowest BCUT2D eigenvalue weighted by atomic mass is 9.78. The molecule has 0 bridgehead atoms. The molecule has 2 fully saturated rings. The predicted octanol–water partition coefficient (Wildman–Crippen LogP) is 1.85. The highest BCUT2D eigenvalue weighted by atomic mass is 16.5. The van der Waals surface area contributed by atoms with E-state index in [2.05, 4.69) is 87.2 Å². The Morgan fingerprint density at radius 2 is 2.00 bits per heavy atom. The van der Waals surface area contributed by atoms with Crippen molar-refractivity contribution in [2.75, 3.05) is 40.9 Å². The van der Waals surface area contributed by atoms with Crippen molar-refractivity contribution in [3.05, 3.63) is 11.9 Å². The van der Waals surface area contributed by atoms with Crippen molar-refractivity contribution in [2.24, 2.45) is 10.4 Å². The lowest BCUT2D eigenvalue weighted by Crippen LogP contribution is -2.67. The largest absolute Gasteiger partial charge is 0.380 e. The quantitative estimate of drug-likeness (QED) is 0.490. The van der Waals surface area contributed by atoms with E-state index in [4.69, 9.17) is 4.74 Å². The normalized spacial score (nSPS) is 29.2. The number of hydrogen-bond donors (Lipinski definition) is 2. The smallest absolute Gasteiger partial charge is 0.113 e. The fraction of sp³-hybridized carbons (Fsp3) is 0.842. The van der Waals surface area contributed by atoms with Gasteiger partial charge in [0, 0.05) is 23.9 Å². The summed E-state index contributed by atoms with van der Waals surface area (Å²) >= 11 is 0. The fourth-order valence-electron chi connectivity index (χ4n) is 3.77. The van der Waals surface area contributed by atoms with E-state index in [9.17, 15) is 0 Å². The van der Waals surface area contributed by atoms with Crippen molar-refractivity contribution in [3.8, 4) is 0 Å². The zero-order valence-corrected chi connectivity index (χ0v) is 17.1. The molecule has 2 atom stereocenters. The van der Waals surface area contributed by atoms with Crippen LogP contribution in [0.15, 0.2) is 16.9 Å². The first kappa shape index (κ1) is 20.2. The Balaban J connectivity index is 1.95. The third kappa shape index (κ3) is 4.18. The zero-order valence-electron chi connectivity index (χ0n) is 17.1. The Morgan fingerprint density at radius 3 is 2.40 bits per heavy atom. The Labute approximate surface area is 153 Å². The third-order valence-electron chi connectivity index (χ3n) is 5.88. The molecule has 1 aliphatic heterocycles. The first-order chi connectivity index (χ1) is 11.5. The van der Waals surface area contributed by atoms with Gasteiger partial charge in [-0.25, -0.2) is 0 Å². The van der Waals surface area contributed by atoms with Crippen LogP contribution in [0.2, 0.25) is 0 Å². The molecule has 0 aromatic heterocycles. The molecule has 0 aromatic carbocycles. The maximum absolute atomic E-state index is 5.38. The molecular formula is C19H37N5O. The molecular weight excluding hydrogens is 314 g/mol. The standard InChI is InChI=1S/C19H37N5O/c1-15(11-21-19(23(6)7)10-9-16(19)20-5)22-17(2,3)24(8)12-18(4)13-25-14-18/h11,16,21-22H,5,9-10,12-14H2,1-4,6-8H3/b15-11+/t16-,19?/m0/s1. The van der Waals surface area contributed by atoms with Crippen LogP contribution in [-0.2, 0) is 4.74 Å². The second kappa shape index (κ2) is 7.25. The van der Waals surface area contributed by atoms with Crippen molar-refractivity contribution in [1.29, 1.82) is 0 Å². The fourth-order valence-corrected chi connectivity index (χ4v) is 3.77. The maximum Gasteiger partial charge on any atom is 0.113 e. The van der Waals surface area contributed by atoms with Gasteiger partial charge in [0.05, 0.1) is 24.9 Å². The summed E-state index contributed by atoms with van der Waals surface area (Å²) in [5.41, 5.74) is 1.13. The molecule has 1 aliphatic carbocycles. The van der Waals surface area contributed by atoms with E-state index in [1.54, 1.807) is 0 Å². The number of allylic oxidation sites excluding steroid dienone is 1. The maximum atomic E-state index is 5.38. The van der Waals surface area contributed by atoms with Crippen LogP contribution in [0.1, 0.15) is 40.5 Å². The Hall–Kier alpha value is -1.11. The van der Waals surface area contributed by atoms with Crippen molar-refractivity contribution in [3.63, 3.8) is 0 Å². The molecule has 0 radical (unpaired) electrons. The van der Waals surface area contributed by atoms with E-state index in [0.717, 1.165) is 38.3 Å². The zero-order chi connectivity index (χ0) is 18.9. The number of nitrogens with zero attached hydrogens (tertiary/aromatic N) is 3. The molecule has 2 N–H and O–H groups in total. The van der Waals surface area contributed by atoms with Crippen LogP contribution in [0.5, 0.6) is 0 Å². The highest BCUT2D eigenvalue weighted by molar-refractivity contribution is 5.27. The average molecular weight is 352 g/mol. The summed E-state index contributed by atoms with van der Waals surface area (Å²) in [6.07, 6.45) is 4.25. The first-order valence-electron chi connectivity index (χ1n) is 9.20. The molecule has 144 valence electrons. The minimum absolute atomic E-state index is 0.114. The molecule has 25 heavy (non-hydrogen) atoms. The van der Waals surface area contributed by atoms with Gasteiger partial charge in [-0.2, -0.15) is 0 Å². The lowest BCUT2D eigenvalue weighted by Gasteiger charge is -2.52. The van der Waals surface area contributed by atoms with Gasteiger partial charge < -0.3 is 15.4 Å². The lowest BCUT2D eigenvalue weighted by molar-refractivity contribution is -0.122. The highest BCUT2D eigenvalue weighted by Crippen LogP contribution is 2.36. The van der Waals surface area contributed by atoms with Crippen molar-refractivity contribution in [1.82, 2.24) is 20.4 Å². The summed E-state index contributed by atoms with van der Waals surface area (Å²) in [7, 11) is 6.36. The SMILES string of the molecule is C=N[C@H]1CCC1(N/C=C(\C)NC(C)(C)N(C)CC1(C)COC1)N(C)C. The summed E-state index contributed by atoms with van der Waals surface area (Å²) in [6, 6.07) is 0.237. The van der Waals surface area contributed by atoms with Crippen LogP contribution >= 0.6 is 0 Å².